The van der Waals surface area contributed by atoms with E-state index in [2.05, 4.69) is 60.5 Å². The number of aryl methyl sites for hydroxylation is 2. The van der Waals surface area contributed by atoms with Crippen LogP contribution in [-0.2, 0) is 9.53 Å². The van der Waals surface area contributed by atoms with Crippen LogP contribution < -0.4 is 19.8 Å². The first-order valence-electron chi connectivity index (χ1n) is 12.9. The van der Waals surface area contributed by atoms with E-state index in [0.717, 1.165) is 53.6 Å². The molecule has 1 N–H and O–H groups in total. The van der Waals surface area contributed by atoms with Gasteiger partial charge in [0.1, 0.15) is 5.75 Å². The molecule has 3 heterocycles. The molecule has 0 bridgehead atoms. The first-order valence-corrected chi connectivity index (χ1v) is 13.8. The molecule has 9 heteroatoms. The third kappa shape index (κ3) is 5.50. The van der Waals surface area contributed by atoms with E-state index in [1.54, 1.807) is 0 Å². The molecule has 2 aliphatic rings. The van der Waals surface area contributed by atoms with Crippen LogP contribution >= 0.6 is 11.3 Å². The van der Waals surface area contributed by atoms with Crippen molar-refractivity contribution in [2.75, 3.05) is 43.1 Å². The van der Waals surface area contributed by atoms with Crippen LogP contribution in [0.3, 0.4) is 0 Å². The number of aromatic nitrogens is 1. The van der Waals surface area contributed by atoms with E-state index in [4.69, 9.17) is 19.6 Å². The van der Waals surface area contributed by atoms with Gasteiger partial charge in [-0.05, 0) is 73.0 Å². The maximum atomic E-state index is 11.9. The highest BCUT2D eigenvalue weighted by atomic mass is 32.1. The summed E-state index contributed by atoms with van der Waals surface area (Å²) in [4.78, 5) is 19.9. The van der Waals surface area contributed by atoms with E-state index >= 15 is 0 Å². The molecule has 1 fully saturated rings. The Kier molecular flexibility index (Phi) is 7.00. The van der Waals surface area contributed by atoms with E-state index in [-0.39, 0.29) is 12.5 Å². The molecule has 0 radical (unpaired) electrons. The summed E-state index contributed by atoms with van der Waals surface area (Å²) in [5.41, 5.74) is 7.87. The fourth-order valence-corrected chi connectivity index (χ4v) is 5.41. The van der Waals surface area contributed by atoms with Crippen molar-refractivity contribution in [1.29, 1.82) is 0 Å². The average Bonchev–Trinajstić information content (AvgIpc) is 3.36. The standard InChI is InChI=1S/C30H29N5O3S/c1-20-3-7-24(15-21(20)2)32-30-35(31-17-22-4-8-25(9-5-22)34-11-13-37-14-12-34)27(19-39-30)23-6-10-28-26(16-23)33-29(36)18-38-28/h3-10,15-17,19H,11-14,18H2,1-2H3,(H,33,36). The van der Waals surface area contributed by atoms with Crippen LogP contribution in [0.25, 0.3) is 11.3 Å². The molecule has 0 spiro atoms. The predicted molar refractivity (Wildman–Crippen MR) is 155 cm³/mol. The number of morpholine rings is 1. The van der Waals surface area contributed by atoms with Crippen molar-refractivity contribution in [1.82, 2.24) is 4.68 Å². The second-order valence-electron chi connectivity index (χ2n) is 9.58. The SMILES string of the molecule is Cc1ccc(N=c2scc(-c3ccc4c(c3)NC(=O)CO4)n2N=Cc2ccc(N3CCOCC3)cc2)cc1C. The molecule has 8 nitrogen and oxygen atoms in total. The Morgan fingerprint density at radius 1 is 0.974 bits per heavy atom. The maximum Gasteiger partial charge on any atom is 0.262 e. The molecule has 6 rings (SSSR count). The van der Waals surface area contributed by atoms with Gasteiger partial charge in [-0.1, -0.05) is 18.2 Å². The molecule has 0 aliphatic carbocycles. The van der Waals surface area contributed by atoms with Crippen molar-refractivity contribution < 1.29 is 14.3 Å². The number of nitrogens with one attached hydrogen (secondary N) is 1. The lowest BCUT2D eigenvalue weighted by Gasteiger charge is -2.28. The van der Waals surface area contributed by atoms with Gasteiger partial charge in [0.2, 0.25) is 4.80 Å². The molecule has 0 atom stereocenters. The summed E-state index contributed by atoms with van der Waals surface area (Å²) in [6.07, 6.45) is 1.85. The Bertz CT molecular complexity index is 1610. The summed E-state index contributed by atoms with van der Waals surface area (Å²) in [5, 5.41) is 9.80. The van der Waals surface area contributed by atoms with Gasteiger partial charge in [0.25, 0.3) is 5.91 Å². The minimum Gasteiger partial charge on any atom is -0.482 e. The number of carbonyl (C=O) groups excluding carboxylic acids is 1. The smallest absolute Gasteiger partial charge is 0.262 e. The minimum absolute atomic E-state index is 0.0262. The summed E-state index contributed by atoms with van der Waals surface area (Å²) in [6.45, 7) is 7.52. The summed E-state index contributed by atoms with van der Waals surface area (Å²) < 4.78 is 12.9. The van der Waals surface area contributed by atoms with Gasteiger partial charge in [-0.3, -0.25) is 4.79 Å². The first kappa shape index (κ1) is 25.1. The van der Waals surface area contributed by atoms with Crippen LogP contribution in [0.4, 0.5) is 17.1 Å². The lowest BCUT2D eigenvalue weighted by Crippen LogP contribution is -2.36. The van der Waals surface area contributed by atoms with Crippen LogP contribution in [0, 0.1) is 13.8 Å². The normalized spacial score (nSPS) is 15.8. The Balaban J connectivity index is 1.38. The zero-order valence-corrected chi connectivity index (χ0v) is 22.7. The molecule has 0 unspecified atom stereocenters. The second kappa shape index (κ2) is 10.9. The Morgan fingerprint density at radius 2 is 1.79 bits per heavy atom. The van der Waals surface area contributed by atoms with Gasteiger partial charge in [0.05, 0.1) is 36.5 Å². The number of anilines is 2. The van der Waals surface area contributed by atoms with Crippen molar-refractivity contribution in [3.63, 3.8) is 0 Å². The zero-order chi connectivity index (χ0) is 26.8. The number of amides is 1. The lowest BCUT2D eigenvalue weighted by atomic mass is 10.1. The number of hydrogen-bond acceptors (Lipinski definition) is 7. The molecule has 2 aliphatic heterocycles. The summed E-state index contributed by atoms with van der Waals surface area (Å²) >= 11 is 1.52. The fourth-order valence-electron chi connectivity index (χ4n) is 4.55. The fraction of sp³-hybridized carbons (Fsp3) is 0.233. The second-order valence-corrected chi connectivity index (χ2v) is 10.4. The quantitative estimate of drug-likeness (QED) is 0.357. The maximum absolute atomic E-state index is 11.9. The largest absolute Gasteiger partial charge is 0.482 e. The average molecular weight is 540 g/mol. The monoisotopic (exact) mass is 539 g/mol. The highest BCUT2D eigenvalue weighted by molar-refractivity contribution is 7.07. The highest BCUT2D eigenvalue weighted by Crippen LogP contribution is 2.33. The predicted octanol–water partition coefficient (Wildman–Crippen LogP) is 5.12. The van der Waals surface area contributed by atoms with Crippen LogP contribution in [0.5, 0.6) is 5.75 Å². The molecule has 0 saturated carbocycles. The van der Waals surface area contributed by atoms with Crippen LogP contribution in [0.2, 0.25) is 0 Å². The van der Waals surface area contributed by atoms with Gasteiger partial charge in [-0.2, -0.15) is 5.10 Å². The summed E-state index contributed by atoms with van der Waals surface area (Å²) in [7, 11) is 0. The number of fused-ring (bicyclic) bond motifs is 1. The number of benzene rings is 3. The van der Waals surface area contributed by atoms with Gasteiger partial charge in [0.15, 0.2) is 6.61 Å². The number of nitrogens with zero attached hydrogens (tertiary/aromatic N) is 4. The molecule has 4 aromatic rings. The van der Waals surface area contributed by atoms with Crippen molar-refractivity contribution in [2.24, 2.45) is 10.1 Å². The molecule has 1 saturated heterocycles. The molecule has 198 valence electrons. The molecular formula is C30H29N5O3S. The van der Waals surface area contributed by atoms with E-state index in [1.165, 1.54) is 28.2 Å². The van der Waals surface area contributed by atoms with Crippen LogP contribution in [0.1, 0.15) is 16.7 Å². The van der Waals surface area contributed by atoms with Crippen molar-refractivity contribution in [2.45, 2.75) is 13.8 Å². The molecule has 39 heavy (non-hydrogen) atoms. The Labute approximate surface area is 230 Å². The first-order chi connectivity index (χ1) is 19.0. The van der Waals surface area contributed by atoms with Gasteiger partial charge in [0, 0.05) is 29.7 Å². The van der Waals surface area contributed by atoms with Gasteiger partial charge < -0.3 is 19.7 Å². The van der Waals surface area contributed by atoms with Crippen LogP contribution in [-0.4, -0.2) is 49.7 Å². The Hall–Kier alpha value is -4.21. The Morgan fingerprint density at radius 3 is 2.59 bits per heavy atom. The third-order valence-corrected chi connectivity index (χ3v) is 7.72. The lowest BCUT2D eigenvalue weighted by molar-refractivity contribution is -0.118. The van der Waals surface area contributed by atoms with Gasteiger partial charge in [-0.15, -0.1) is 11.3 Å². The molecular weight excluding hydrogens is 510 g/mol. The van der Waals surface area contributed by atoms with E-state index in [1.807, 2.05) is 40.5 Å². The molecule has 1 amide bonds. The van der Waals surface area contributed by atoms with Crippen molar-refractivity contribution >= 4 is 40.5 Å². The number of rotatable bonds is 5. The highest BCUT2D eigenvalue weighted by Gasteiger charge is 2.18. The van der Waals surface area contributed by atoms with Crippen molar-refractivity contribution in [3.05, 3.63) is 87.5 Å². The van der Waals surface area contributed by atoms with Crippen LogP contribution in [0.15, 0.2) is 76.1 Å². The summed E-state index contributed by atoms with van der Waals surface area (Å²) in [5.74, 6) is 0.492. The molecule has 3 aromatic carbocycles. The van der Waals surface area contributed by atoms with E-state index in [9.17, 15) is 4.79 Å². The van der Waals surface area contributed by atoms with Gasteiger partial charge >= 0.3 is 0 Å². The number of hydrogen-bond donors (Lipinski definition) is 1. The van der Waals surface area contributed by atoms with Gasteiger partial charge in [-0.25, -0.2) is 9.67 Å². The number of ether oxygens (including phenoxy) is 2. The summed E-state index contributed by atoms with van der Waals surface area (Å²) in [6, 6.07) is 20.3. The number of thiazole rings is 1. The minimum atomic E-state index is -0.165. The molecule has 1 aromatic heterocycles. The third-order valence-electron chi connectivity index (χ3n) is 6.90. The number of carbonyl (C=O) groups is 1. The van der Waals surface area contributed by atoms with E-state index < -0.39 is 0 Å². The zero-order valence-electron chi connectivity index (χ0n) is 21.9. The van der Waals surface area contributed by atoms with E-state index in [0.29, 0.717) is 11.4 Å². The topological polar surface area (TPSA) is 80.4 Å². The van der Waals surface area contributed by atoms with Crippen molar-refractivity contribution in [3.8, 4) is 17.0 Å².